The highest BCUT2D eigenvalue weighted by molar-refractivity contribution is 6.46. The molecule has 2 N–H and O–H groups in total. The van der Waals surface area contributed by atoms with Gasteiger partial charge in [-0.1, -0.05) is 29.8 Å². The van der Waals surface area contributed by atoms with Crippen LogP contribution in [0.2, 0.25) is 0 Å². The van der Waals surface area contributed by atoms with E-state index in [1.54, 1.807) is 19.1 Å². The molecule has 32 heavy (non-hydrogen) atoms. The number of aryl methyl sites for hydroxylation is 1. The molecule has 0 saturated carbocycles. The van der Waals surface area contributed by atoms with Crippen molar-refractivity contribution in [1.82, 2.24) is 9.80 Å². The standard InChI is InChI=1S/C24H25FN2O5/c1-15-6-7-19(28)17(14-15)22(29)20-21(16-4-2-3-5-18(16)25)27(24(31)23(20)30)9-8-26-10-12-32-13-11-26/h2-7,14,21,28-29H,8-13H2,1H3/t21-/m1/s1. The molecule has 2 fully saturated rings. The smallest absolute Gasteiger partial charge is 0.295 e. The van der Waals surface area contributed by atoms with Crippen molar-refractivity contribution in [2.24, 2.45) is 0 Å². The first-order valence-corrected chi connectivity index (χ1v) is 10.5. The lowest BCUT2D eigenvalue weighted by Gasteiger charge is -2.31. The predicted molar refractivity (Wildman–Crippen MR) is 116 cm³/mol. The fraction of sp³-hybridized carbons (Fsp3) is 0.333. The molecule has 0 aromatic heterocycles. The molecule has 0 radical (unpaired) electrons. The predicted octanol–water partition coefficient (Wildman–Crippen LogP) is 2.59. The first-order chi connectivity index (χ1) is 15.4. The summed E-state index contributed by atoms with van der Waals surface area (Å²) in [6, 6.07) is 9.36. The number of benzene rings is 2. The van der Waals surface area contributed by atoms with Gasteiger partial charge in [-0.3, -0.25) is 14.5 Å². The van der Waals surface area contributed by atoms with E-state index in [1.807, 2.05) is 0 Å². The third kappa shape index (κ3) is 4.11. The van der Waals surface area contributed by atoms with Crippen molar-refractivity contribution in [2.75, 3.05) is 39.4 Å². The van der Waals surface area contributed by atoms with Crippen LogP contribution in [-0.2, 0) is 14.3 Å². The molecule has 4 rings (SSSR count). The van der Waals surface area contributed by atoms with E-state index < -0.39 is 29.3 Å². The number of carbonyl (C=O) groups excluding carboxylic acids is 2. The van der Waals surface area contributed by atoms with E-state index in [0.29, 0.717) is 32.8 Å². The molecule has 2 aliphatic rings. The Hall–Kier alpha value is -3.23. The number of morpholine rings is 1. The van der Waals surface area contributed by atoms with Gasteiger partial charge in [-0.25, -0.2) is 4.39 Å². The second kappa shape index (κ2) is 9.10. The van der Waals surface area contributed by atoms with Gasteiger partial charge >= 0.3 is 0 Å². The Morgan fingerprint density at radius 3 is 2.56 bits per heavy atom. The normalized spacial score (nSPS) is 21.3. The van der Waals surface area contributed by atoms with Crippen LogP contribution in [0.5, 0.6) is 5.75 Å². The number of carbonyl (C=O) groups is 2. The summed E-state index contributed by atoms with van der Waals surface area (Å²) in [4.78, 5) is 29.4. The minimum atomic E-state index is -1.10. The number of ketones is 1. The third-order valence-corrected chi connectivity index (χ3v) is 5.91. The number of ether oxygens (including phenoxy) is 1. The van der Waals surface area contributed by atoms with Crippen LogP contribution in [0.4, 0.5) is 4.39 Å². The number of aromatic hydroxyl groups is 1. The molecule has 2 aromatic carbocycles. The molecule has 1 amide bonds. The summed E-state index contributed by atoms with van der Waals surface area (Å²) in [5.41, 5.74) is 0.649. The first kappa shape index (κ1) is 22.0. The molecule has 0 bridgehead atoms. The van der Waals surface area contributed by atoms with Gasteiger partial charge in [0.2, 0.25) is 0 Å². The van der Waals surface area contributed by atoms with Gasteiger partial charge in [0, 0.05) is 31.7 Å². The molecule has 2 saturated heterocycles. The number of amides is 1. The van der Waals surface area contributed by atoms with Crippen LogP contribution >= 0.6 is 0 Å². The summed E-state index contributed by atoms with van der Waals surface area (Å²) in [5, 5.41) is 21.3. The van der Waals surface area contributed by atoms with Gasteiger partial charge in [-0.05, 0) is 25.1 Å². The van der Waals surface area contributed by atoms with Crippen molar-refractivity contribution in [3.05, 3.63) is 70.5 Å². The van der Waals surface area contributed by atoms with Gasteiger partial charge in [0.05, 0.1) is 30.4 Å². The van der Waals surface area contributed by atoms with Crippen molar-refractivity contribution < 1.29 is 28.9 Å². The SMILES string of the molecule is Cc1ccc(O)c(C(O)=C2C(=O)C(=O)N(CCN3CCOCC3)[C@@H]2c2ccccc2F)c1. The minimum absolute atomic E-state index is 0.0255. The zero-order valence-electron chi connectivity index (χ0n) is 17.8. The van der Waals surface area contributed by atoms with Crippen molar-refractivity contribution in [1.29, 1.82) is 0 Å². The molecule has 168 valence electrons. The maximum atomic E-state index is 14.8. The Balaban J connectivity index is 1.79. The molecule has 2 heterocycles. The number of Topliss-reactive ketones (excluding diaryl/α,β-unsaturated/α-hetero) is 1. The Labute approximate surface area is 185 Å². The van der Waals surface area contributed by atoms with E-state index in [0.717, 1.165) is 5.56 Å². The van der Waals surface area contributed by atoms with Crippen LogP contribution in [-0.4, -0.2) is 71.1 Å². The summed E-state index contributed by atoms with van der Waals surface area (Å²) >= 11 is 0. The Morgan fingerprint density at radius 1 is 1.12 bits per heavy atom. The van der Waals surface area contributed by atoms with Crippen LogP contribution in [0, 0.1) is 12.7 Å². The van der Waals surface area contributed by atoms with Gasteiger partial charge in [0.25, 0.3) is 11.7 Å². The molecule has 8 heteroatoms. The number of phenolic OH excluding ortho intramolecular Hbond substituents is 1. The highest BCUT2D eigenvalue weighted by Crippen LogP contribution is 2.41. The van der Waals surface area contributed by atoms with Crippen LogP contribution in [0.15, 0.2) is 48.0 Å². The average Bonchev–Trinajstić information content (AvgIpc) is 3.04. The number of aliphatic hydroxyl groups is 1. The summed E-state index contributed by atoms with van der Waals surface area (Å²) in [6.07, 6.45) is 0. The van der Waals surface area contributed by atoms with Crippen molar-refractivity contribution in [3.8, 4) is 5.75 Å². The first-order valence-electron chi connectivity index (χ1n) is 10.5. The van der Waals surface area contributed by atoms with E-state index in [-0.39, 0.29) is 29.0 Å². The zero-order chi connectivity index (χ0) is 22.8. The van der Waals surface area contributed by atoms with E-state index in [4.69, 9.17) is 4.74 Å². The molecule has 2 aliphatic heterocycles. The van der Waals surface area contributed by atoms with Crippen LogP contribution < -0.4 is 0 Å². The molecule has 2 aromatic rings. The number of halogens is 1. The zero-order valence-corrected chi connectivity index (χ0v) is 17.8. The molecule has 0 unspecified atom stereocenters. The maximum Gasteiger partial charge on any atom is 0.295 e. The fourth-order valence-corrected chi connectivity index (χ4v) is 4.19. The van der Waals surface area contributed by atoms with Crippen LogP contribution in [0.25, 0.3) is 5.76 Å². The largest absolute Gasteiger partial charge is 0.507 e. The van der Waals surface area contributed by atoms with Gasteiger partial charge in [-0.2, -0.15) is 0 Å². The van der Waals surface area contributed by atoms with E-state index >= 15 is 0 Å². The number of phenols is 1. The maximum absolute atomic E-state index is 14.8. The number of nitrogens with zero attached hydrogens (tertiary/aromatic N) is 2. The summed E-state index contributed by atoms with van der Waals surface area (Å²) in [5.74, 6) is -3.06. The van der Waals surface area contributed by atoms with E-state index in [1.165, 1.54) is 35.2 Å². The second-order valence-electron chi connectivity index (χ2n) is 7.99. The topological polar surface area (TPSA) is 90.3 Å². The number of hydrogen-bond donors (Lipinski definition) is 2. The van der Waals surface area contributed by atoms with Crippen molar-refractivity contribution in [2.45, 2.75) is 13.0 Å². The van der Waals surface area contributed by atoms with E-state index in [2.05, 4.69) is 4.90 Å². The lowest BCUT2D eigenvalue weighted by atomic mass is 9.94. The lowest BCUT2D eigenvalue weighted by Crippen LogP contribution is -2.42. The number of rotatable bonds is 5. The summed E-state index contributed by atoms with van der Waals surface area (Å²) in [7, 11) is 0. The van der Waals surface area contributed by atoms with E-state index in [9.17, 15) is 24.2 Å². The van der Waals surface area contributed by atoms with Crippen molar-refractivity contribution >= 4 is 17.4 Å². The van der Waals surface area contributed by atoms with Gasteiger partial charge < -0.3 is 19.8 Å². The number of likely N-dealkylation sites (tertiary alicyclic amines) is 1. The molecule has 0 spiro atoms. The fourth-order valence-electron chi connectivity index (χ4n) is 4.19. The molecule has 1 atom stereocenters. The Bertz CT molecular complexity index is 1080. The average molecular weight is 440 g/mol. The molecule has 7 nitrogen and oxygen atoms in total. The van der Waals surface area contributed by atoms with Gasteiger partial charge in [0.1, 0.15) is 17.3 Å². The summed E-state index contributed by atoms with van der Waals surface area (Å²) < 4.78 is 20.2. The third-order valence-electron chi connectivity index (χ3n) is 5.91. The monoisotopic (exact) mass is 440 g/mol. The second-order valence-corrected chi connectivity index (χ2v) is 7.99. The van der Waals surface area contributed by atoms with Crippen molar-refractivity contribution in [3.63, 3.8) is 0 Å². The van der Waals surface area contributed by atoms with Gasteiger partial charge in [0.15, 0.2) is 0 Å². The number of aliphatic hydroxyl groups excluding tert-OH is 1. The minimum Gasteiger partial charge on any atom is -0.507 e. The Kier molecular flexibility index (Phi) is 6.25. The van der Waals surface area contributed by atoms with Gasteiger partial charge in [-0.15, -0.1) is 0 Å². The highest BCUT2D eigenvalue weighted by Gasteiger charge is 2.47. The Morgan fingerprint density at radius 2 is 1.84 bits per heavy atom. The molecular formula is C24H25FN2O5. The molecular weight excluding hydrogens is 415 g/mol. The lowest BCUT2D eigenvalue weighted by molar-refractivity contribution is -0.140. The van der Waals surface area contributed by atoms with Crippen LogP contribution in [0.3, 0.4) is 0 Å². The highest BCUT2D eigenvalue weighted by atomic mass is 19.1. The van der Waals surface area contributed by atoms with Crippen LogP contribution in [0.1, 0.15) is 22.7 Å². The number of hydrogen-bond acceptors (Lipinski definition) is 6. The molecule has 0 aliphatic carbocycles. The quantitative estimate of drug-likeness (QED) is 0.422. The summed E-state index contributed by atoms with van der Waals surface area (Å²) in [6.45, 7) is 5.00.